The molecule has 0 unspecified atom stereocenters. The highest BCUT2D eigenvalue weighted by Crippen LogP contribution is 2.04. The Labute approximate surface area is 76.5 Å². The molecule has 13 heavy (non-hydrogen) atoms. The van der Waals surface area contributed by atoms with Crippen molar-refractivity contribution in [2.75, 3.05) is 6.61 Å². The van der Waals surface area contributed by atoms with Gasteiger partial charge < -0.3 is 15.7 Å². The quantitative estimate of drug-likeness (QED) is 0.396. The number of nitrogens with zero attached hydrogens (tertiary/aromatic N) is 1. The molecule has 4 heteroatoms. The molecule has 0 atom stereocenters. The minimum Gasteiger partial charge on any atom is -0.619 e. The van der Waals surface area contributed by atoms with Gasteiger partial charge in [0.25, 0.3) is 0 Å². The maximum atomic E-state index is 10.9. The predicted molar refractivity (Wildman–Crippen MR) is 48.7 cm³/mol. The number of nitrogens with one attached hydrogen (secondary N) is 1. The van der Waals surface area contributed by atoms with E-state index in [2.05, 4.69) is 0 Å². The first kappa shape index (κ1) is 9.67. The van der Waals surface area contributed by atoms with E-state index in [4.69, 9.17) is 10.5 Å². The van der Waals surface area contributed by atoms with Crippen LogP contribution in [0.4, 0.5) is 0 Å². The summed E-state index contributed by atoms with van der Waals surface area (Å²) in [6.45, 7) is 1.62. The number of aliphatic hydroxyl groups is 1. The molecule has 0 aliphatic rings. The van der Waals surface area contributed by atoms with Gasteiger partial charge in [0.2, 0.25) is 0 Å². The Morgan fingerprint density at radius 3 is 3.00 bits per heavy atom. The molecule has 70 valence electrons. The molecular formula is C9H12N2O2. The van der Waals surface area contributed by atoms with Gasteiger partial charge in [-0.2, -0.15) is 4.73 Å². The maximum Gasteiger partial charge on any atom is 0.184 e. The van der Waals surface area contributed by atoms with Crippen LogP contribution in [0.5, 0.6) is 0 Å². The van der Waals surface area contributed by atoms with Crippen LogP contribution in [0.15, 0.2) is 18.5 Å². The van der Waals surface area contributed by atoms with Crippen LogP contribution in [0.1, 0.15) is 11.1 Å². The number of aromatic nitrogens is 1. The summed E-state index contributed by atoms with van der Waals surface area (Å²) in [6.07, 6.45) is 3.19. The van der Waals surface area contributed by atoms with E-state index in [9.17, 15) is 5.21 Å². The van der Waals surface area contributed by atoms with Crippen LogP contribution in [0.2, 0.25) is 0 Å². The largest absolute Gasteiger partial charge is 0.619 e. The fourth-order valence-corrected chi connectivity index (χ4v) is 1.06. The molecule has 1 heterocycles. The van der Waals surface area contributed by atoms with E-state index >= 15 is 0 Å². The van der Waals surface area contributed by atoms with Crippen molar-refractivity contribution >= 4 is 5.71 Å². The highest BCUT2D eigenvalue weighted by molar-refractivity contribution is 5.84. The molecular weight excluding hydrogens is 168 g/mol. The lowest BCUT2D eigenvalue weighted by molar-refractivity contribution is -0.605. The Bertz CT molecular complexity index is 323. The number of rotatable bonds is 3. The minimum absolute atomic E-state index is 0.217. The molecule has 0 aliphatic carbocycles. The fourth-order valence-electron chi connectivity index (χ4n) is 1.06. The summed E-state index contributed by atoms with van der Waals surface area (Å²) in [5, 5.41) is 26.8. The van der Waals surface area contributed by atoms with Crippen molar-refractivity contribution in [1.82, 2.24) is 0 Å². The van der Waals surface area contributed by atoms with Gasteiger partial charge in [0.15, 0.2) is 12.4 Å². The molecule has 1 aromatic rings. The third kappa shape index (κ3) is 2.52. The van der Waals surface area contributed by atoms with Crippen LogP contribution >= 0.6 is 0 Å². The number of aliphatic hydroxyl groups excluding tert-OH is 1. The smallest absolute Gasteiger partial charge is 0.184 e. The van der Waals surface area contributed by atoms with Crippen LogP contribution in [0.25, 0.3) is 0 Å². The molecule has 0 aliphatic heterocycles. The summed E-state index contributed by atoms with van der Waals surface area (Å²) in [5.74, 6) is 0. The summed E-state index contributed by atoms with van der Waals surface area (Å²) in [7, 11) is 0. The van der Waals surface area contributed by atoms with Crippen molar-refractivity contribution in [3.05, 3.63) is 34.8 Å². The highest BCUT2D eigenvalue weighted by atomic mass is 16.5. The van der Waals surface area contributed by atoms with Crippen molar-refractivity contribution in [2.45, 2.75) is 13.3 Å². The van der Waals surface area contributed by atoms with Gasteiger partial charge in [0.1, 0.15) is 0 Å². The first-order valence-corrected chi connectivity index (χ1v) is 3.99. The molecule has 2 N–H and O–H groups in total. The summed E-state index contributed by atoms with van der Waals surface area (Å²) < 4.78 is 0.701. The Kier molecular flexibility index (Phi) is 2.97. The van der Waals surface area contributed by atoms with E-state index in [-0.39, 0.29) is 12.3 Å². The van der Waals surface area contributed by atoms with E-state index in [1.807, 2.05) is 6.92 Å². The minimum atomic E-state index is -0.257. The van der Waals surface area contributed by atoms with E-state index in [1.54, 1.807) is 6.07 Å². The summed E-state index contributed by atoms with van der Waals surface area (Å²) in [5.41, 5.74) is 1.97. The summed E-state index contributed by atoms with van der Waals surface area (Å²) >= 11 is 0. The lowest BCUT2D eigenvalue weighted by Gasteiger charge is -2.04. The third-order valence-corrected chi connectivity index (χ3v) is 1.86. The summed E-state index contributed by atoms with van der Waals surface area (Å²) in [4.78, 5) is 0. The van der Waals surface area contributed by atoms with Gasteiger partial charge >= 0.3 is 0 Å². The Morgan fingerprint density at radius 1 is 1.69 bits per heavy atom. The van der Waals surface area contributed by atoms with Crippen molar-refractivity contribution in [1.29, 1.82) is 5.41 Å². The van der Waals surface area contributed by atoms with Gasteiger partial charge in [0, 0.05) is 23.8 Å². The van der Waals surface area contributed by atoms with Crippen LogP contribution in [-0.2, 0) is 6.42 Å². The van der Waals surface area contributed by atoms with Crippen LogP contribution < -0.4 is 4.73 Å². The molecule has 0 fully saturated rings. The molecule has 4 nitrogen and oxygen atoms in total. The molecule has 0 saturated carbocycles. The van der Waals surface area contributed by atoms with E-state index < -0.39 is 0 Å². The van der Waals surface area contributed by atoms with E-state index in [0.717, 1.165) is 11.1 Å². The molecule has 1 aromatic heterocycles. The second-order valence-electron chi connectivity index (χ2n) is 2.95. The second kappa shape index (κ2) is 4.00. The molecule has 1 rings (SSSR count). The normalized spacial score (nSPS) is 10.0. The van der Waals surface area contributed by atoms with Gasteiger partial charge in [-0.25, -0.2) is 0 Å². The zero-order chi connectivity index (χ0) is 9.84. The lowest BCUT2D eigenvalue weighted by atomic mass is 10.1. The van der Waals surface area contributed by atoms with Gasteiger partial charge in [-0.15, -0.1) is 0 Å². The van der Waals surface area contributed by atoms with Crippen molar-refractivity contribution in [3.63, 3.8) is 0 Å². The predicted octanol–water partition coefficient (Wildman–Crippen LogP) is 0.183. The van der Waals surface area contributed by atoms with Crippen molar-refractivity contribution in [2.24, 2.45) is 0 Å². The SMILES string of the molecule is Cc1cc[n+]([O-])cc1CC(=N)CO. The molecule has 0 saturated heterocycles. The second-order valence-corrected chi connectivity index (χ2v) is 2.95. The monoisotopic (exact) mass is 180 g/mol. The zero-order valence-corrected chi connectivity index (χ0v) is 7.45. The Hall–Kier alpha value is -1.42. The summed E-state index contributed by atoms with van der Waals surface area (Å²) in [6, 6.07) is 1.70. The van der Waals surface area contributed by atoms with Gasteiger partial charge in [-0.05, 0) is 12.5 Å². The van der Waals surface area contributed by atoms with Crippen LogP contribution in [0, 0.1) is 17.5 Å². The zero-order valence-electron chi connectivity index (χ0n) is 7.45. The van der Waals surface area contributed by atoms with Gasteiger partial charge in [-0.1, -0.05) is 0 Å². The highest BCUT2D eigenvalue weighted by Gasteiger charge is 2.05. The number of hydrogen-bond donors (Lipinski definition) is 2. The number of hydrogen-bond acceptors (Lipinski definition) is 3. The lowest BCUT2D eigenvalue weighted by Crippen LogP contribution is -2.26. The van der Waals surface area contributed by atoms with E-state index in [1.165, 1.54) is 12.4 Å². The first-order valence-electron chi connectivity index (χ1n) is 3.99. The molecule has 0 bridgehead atoms. The Balaban J connectivity index is 2.87. The van der Waals surface area contributed by atoms with Crippen molar-refractivity contribution in [3.8, 4) is 0 Å². The van der Waals surface area contributed by atoms with Crippen LogP contribution in [0.3, 0.4) is 0 Å². The average molecular weight is 180 g/mol. The van der Waals surface area contributed by atoms with Gasteiger partial charge in [-0.3, -0.25) is 0 Å². The Morgan fingerprint density at radius 2 is 2.38 bits per heavy atom. The molecule has 0 spiro atoms. The molecule has 0 amide bonds. The van der Waals surface area contributed by atoms with Crippen LogP contribution in [-0.4, -0.2) is 17.4 Å². The van der Waals surface area contributed by atoms with Gasteiger partial charge in [0.05, 0.1) is 6.61 Å². The number of aryl methyl sites for hydroxylation is 1. The fraction of sp³-hybridized carbons (Fsp3) is 0.333. The molecule has 0 radical (unpaired) electrons. The molecule has 0 aromatic carbocycles. The topological polar surface area (TPSA) is 71.0 Å². The van der Waals surface area contributed by atoms with Crippen molar-refractivity contribution < 1.29 is 9.84 Å². The standard InChI is InChI=1S/C9H12N2O2/c1-7-2-3-11(13)5-8(7)4-9(10)6-12/h2-3,5,10,12H,4,6H2,1H3. The number of pyridine rings is 1. The third-order valence-electron chi connectivity index (χ3n) is 1.86. The average Bonchev–Trinajstić information content (AvgIpc) is 2.11. The maximum absolute atomic E-state index is 10.9. The van der Waals surface area contributed by atoms with E-state index in [0.29, 0.717) is 11.2 Å². The first-order chi connectivity index (χ1) is 6.13.